The van der Waals surface area contributed by atoms with E-state index in [4.69, 9.17) is 0 Å². The van der Waals surface area contributed by atoms with Crippen molar-refractivity contribution in [3.63, 3.8) is 0 Å². The minimum atomic E-state index is -3.46. The van der Waals surface area contributed by atoms with Crippen LogP contribution in [0.5, 0.6) is 0 Å². The fourth-order valence-corrected chi connectivity index (χ4v) is 4.47. The Hall–Kier alpha value is -0.760. The van der Waals surface area contributed by atoms with Gasteiger partial charge in [0.15, 0.2) is 0 Å². The quantitative estimate of drug-likeness (QED) is 0.784. The maximum Gasteiger partial charge on any atom is 0.301 e. The van der Waals surface area contributed by atoms with E-state index in [0.29, 0.717) is 24.7 Å². The highest BCUT2D eigenvalue weighted by Crippen LogP contribution is 2.27. The highest BCUT2D eigenvalue weighted by Gasteiger charge is 2.28. The van der Waals surface area contributed by atoms with Crippen LogP contribution in [-0.2, 0) is 10.2 Å². The zero-order chi connectivity index (χ0) is 15.3. The first-order valence-electron chi connectivity index (χ1n) is 7.12. The molecule has 1 aliphatic heterocycles. The minimum absolute atomic E-state index is 0.569. The molecule has 2 rings (SSSR count). The predicted molar refractivity (Wildman–Crippen MR) is 89.0 cm³/mol. The normalized spacial score (nSPS) is 17.8. The fraction of sp³-hybridized carbons (Fsp3) is 0.571. The number of anilines is 1. The lowest BCUT2D eigenvalue weighted by Gasteiger charge is -2.31. The van der Waals surface area contributed by atoms with Crippen molar-refractivity contribution < 1.29 is 8.42 Å². The van der Waals surface area contributed by atoms with Crippen molar-refractivity contribution in [1.82, 2.24) is 9.62 Å². The summed E-state index contributed by atoms with van der Waals surface area (Å²) in [5, 5.41) is 3.16. The molecular weight excluding hydrogens is 306 g/mol. The molecule has 0 aromatic heterocycles. The van der Waals surface area contributed by atoms with E-state index in [9.17, 15) is 8.42 Å². The summed E-state index contributed by atoms with van der Waals surface area (Å²) in [4.78, 5) is 0.936. The zero-order valence-corrected chi connectivity index (χ0v) is 14.1. The van der Waals surface area contributed by atoms with Crippen LogP contribution >= 0.6 is 11.8 Å². The number of hydrogen-bond donors (Lipinski definition) is 2. The van der Waals surface area contributed by atoms with Crippen LogP contribution in [0.15, 0.2) is 29.2 Å². The van der Waals surface area contributed by atoms with E-state index >= 15 is 0 Å². The van der Waals surface area contributed by atoms with Crippen LogP contribution in [0.2, 0.25) is 0 Å². The molecule has 0 unspecified atom stereocenters. The highest BCUT2D eigenvalue weighted by molar-refractivity contribution is 7.98. The van der Waals surface area contributed by atoms with E-state index in [0.717, 1.165) is 24.3 Å². The van der Waals surface area contributed by atoms with Gasteiger partial charge >= 0.3 is 10.2 Å². The molecule has 0 spiro atoms. The summed E-state index contributed by atoms with van der Waals surface area (Å²) in [6.07, 6.45) is 3.76. The van der Waals surface area contributed by atoms with Crippen molar-refractivity contribution in [2.45, 2.75) is 17.7 Å². The van der Waals surface area contributed by atoms with Gasteiger partial charge in [0, 0.05) is 18.0 Å². The Morgan fingerprint density at radius 2 is 1.95 bits per heavy atom. The summed E-state index contributed by atoms with van der Waals surface area (Å²) >= 11 is 1.54. The number of para-hydroxylation sites is 1. The van der Waals surface area contributed by atoms with Crippen LogP contribution in [0, 0.1) is 5.92 Å². The van der Waals surface area contributed by atoms with Gasteiger partial charge in [-0.3, -0.25) is 4.72 Å². The Balaban J connectivity index is 2.02. The minimum Gasteiger partial charge on any atom is -0.319 e. The van der Waals surface area contributed by atoms with Crippen molar-refractivity contribution in [3.05, 3.63) is 24.3 Å². The van der Waals surface area contributed by atoms with Gasteiger partial charge in [0.05, 0.1) is 5.69 Å². The van der Waals surface area contributed by atoms with Crippen LogP contribution in [-0.4, -0.2) is 45.7 Å². The summed E-state index contributed by atoms with van der Waals surface area (Å²) in [6.45, 7) is 2.13. The second-order valence-electron chi connectivity index (χ2n) is 5.21. The first-order chi connectivity index (χ1) is 10.1. The van der Waals surface area contributed by atoms with Gasteiger partial charge in [-0.25, -0.2) is 0 Å². The third kappa shape index (κ3) is 4.35. The summed E-state index contributed by atoms with van der Waals surface area (Å²) in [5.41, 5.74) is 0.655. The molecule has 0 saturated carbocycles. The van der Waals surface area contributed by atoms with E-state index in [2.05, 4.69) is 10.0 Å². The zero-order valence-electron chi connectivity index (χ0n) is 12.5. The number of nitrogens with one attached hydrogen (secondary N) is 2. The van der Waals surface area contributed by atoms with Crippen molar-refractivity contribution >= 4 is 27.7 Å². The third-order valence-electron chi connectivity index (χ3n) is 3.75. The lowest BCUT2D eigenvalue weighted by atomic mass is 9.98. The third-order valence-corrected chi connectivity index (χ3v) is 6.07. The first kappa shape index (κ1) is 16.6. The van der Waals surface area contributed by atoms with E-state index in [1.807, 2.05) is 31.5 Å². The van der Waals surface area contributed by atoms with Gasteiger partial charge in [0.25, 0.3) is 0 Å². The van der Waals surface area contributed by atoms with Gasteiger partial charge < -0.3 is 5.32 Å². The van der Waals surface area contributed by atoms with Gasteiger partial charge in [0.2, 0.25) is 0 Å². The van der Waals surface area contributed by atoms with E-state index < -0.39 is 10.2 Å². The number of hydrogen-bond acceptors (Lipinski definition) is 4. The Labute approximate surface area is 131 Å². The Kier molecular flexibility index (Phi) is 5.92. The highest BCUT2D eigenvalue weighted by atomic mass is 32.2. The van der Waals surface area contributed by atoms with Crippen LogP contribution in [0.25, 0.3) is 0 Å². The average molecular weight is 329 g/mol. The molecule has 1 saturated heterocycles. The van der Waals surface area contributed by atoms with Gasteiger partial charge in [-0.05, 0) is 50.7 Å². The molecule has 0 aliphatic carbocycles. The molecule has 5 nitrogen and oxygen atoms in total. The molecule has 2 N–H and O–H groups in total. The maximum absolute atomic E-state index is 12.5. The lowest BCUT2D eigenvalue weighted by molar-refractivity contribution is 0.272. The topological polar surface area (TPSA) is 61.4 Å². The van der Waals surface area contributed by atoms with Gasteiger partial charge in [-0.1, -0.05) is 12.1 Å². The molecule has 1 aromatic rings. The second-order valence-corrected chi connectivity index (χ2v) is 7.73. The van der Waals surface area contributed by atoms with E-state index in [1.54, 1.807) is 10.4 Å². The molecule has 7 heteroatoms. The van der Waals surface area contributed by atoms with Crippen LogP contribution in [0.1, 0.15) is 12.8 Å². The monoisotopic (exact) mass is 329 g/mol. The SMILES string of the molecule is CNCC1CCN(S(=O)(=O)Nc2ccccc2SC)CC1. The van der Waals surface area contributed by atoms with Crippen molar-refractivity contribution in [2.24, 2.45) is 5.92 Å². The largest absolute Gasteiger partial charge is 0.319 e. The number of thioether (sulfide) groups is 1. The number of rotatable bonds is 6. The summed E-state index contributed by atoms with van der Waals surface area (Å²) < 4.78 is 29.2. The summed E-state index contributed by atoms with van der Waals surface area (Å²) in [5.74, 6) is 0.569. The second kappa shape index (κ2) is 7.49. The van der Waals surface area contributed by atoms with Gasteiger partial charge in [-0.2, -0.15) is 12.7 Å². The van der Waals surface area contributed by atoms with Crippen LogP contribution < -0.4 is 10.0 Å². The van der Waals surface area contributed by atoms with Crippen molar-refractivity contribution in [1.29, 1.82) is 0 Å². The Morgan fingerprint density at radius 3 is 2.57 bits per heavy atom. The molecule has 1 aliphatic rings. The average Bonchev–Trinajstić information content (AvgIpc) is 2.48. The maximum atomic E-state index is 12.5. The molecule has 1 fully saturated rings. The lowest BCUT2D eigenvalue weighted by Crippen LogP contribution is -2.43. The van der Waals surface area contributed by atoms with Crippen molar-refractivity contribution in [2.75, 3.05) is 37.7 Å². The van der Waals surface area contributed by atoms with Gasteiger partial charge in [-0.15, -0.1) is 11.8 Å². The smallest absolute Gasteiger partial charge is 0.301 e. The molecule has 118 valence electrons. The number of nitrogens with zero attached hydrogens (tertiary/aromatic N) is 1. The summed E-state index contributed by atoms with van der Waals surface area (Å²) in [6, 6.07) is 7.47. The molecule has 21 heavy (non-hydrogen) atoms. The number of benzene rings is 1. The predicted octanol–water partition coefficient (Wildman–Crippen LogP) is 2.00. The van der Waals surface area contributed by atoms with E-state index in [1.165, 1.54) is 11.8 Å². The van der Waals surface area contributed by atoms with Gasteiger partial charge in [0.1, 0.15) is 0 Å². The molecule has 1 heterocycles. The first-order valence-corrected chi connectivity index (χ1v) is 9.79. The Bertz CT molecular complexity index is 555. The number of piperidine rings is 1. The molecular formula is C14H23N3O2S2. The van der Waals surface area contributed by atoms with Crippen molar-refractivity contribution in [3.8, 4) is 0 Å². The molecule has 1 aromatic carbocycles. The molecule has 0 bridgehead atoms. The van der Waals surface area contributed by atoms with Crippen LogP contribution in [0.3, 0.4) is 0 Å². The Morgan fingerprint density at radius 1 is 1.29 bits per heavy atom. The summed E-state index contributed by atoms with van der Waals surface area (Å²) in [7, 11) is -1.52. The standard InChI is InChI=1S/C14H23N3O2S2/c1-15-11-12-7-9-17(10-8-12)21(18,19)16-13-5-3-4-6-14(13)20-2/h3-6,12,15-16H,7-11H2,1-2H3. The molecule has 0 atom stereocenters. The van der Waals surface area contributed by atoms with Crippen LogP contribution in [0.4, 0.5) is 5.69 Å². The fourth-order valence-electron chi connectivity index (χ4n) is 2.57. The van der Waals surface area contributed by atoms with E-state index in [-0.39, 0.29) is 0 Å². The molecule has 0 amide bonds. The molecule has 0 radical (unpaired) electrons.